The molecule has 2 aromatic carbocycles. The Morgan fingerprint density at radius 1 is 1.12 bits per heavy atom. The Hall–Kier alpha value is -2.74. The van der Waals surface area contributed by atoms with Gasteiger partial charge in [0.2, 0.25) is 0 Å². The Kier molecular flexibility index (Phi) is 7.12. The average molecular weight is 499 g/mol. The van der Waals surface area contributed by atoms with E-state index in [4.69, 9.17) is 42.6 Å². The summed E-state index contributed by atoms with van der Waals surface area (Å²) in [5.41, 5.74) is 2.96. The third kappa shape index (κ3) is 5.27. The van der Waals surface area contributed by atoms with Crippen LogP contribution in [-0.2, 0) is 0 Å². The minimum absolute atomic E-state index is 0.147. The second kappa shape index (κ2) is 10.0. The van der Waals surface area contributed by atoms with Gasteiger partial charge in [0.15, 0.2) is 5.65 Å². The molecule has 1 N–H and O–H groups in total. The van der Waals surface area contributed by atoms with Crippen molar-refractivity contribution in [1.29, 1.82) is 0 Å². The number of halogens is 3. The van der Waals surface area contributed by atoms with E-state index in [1.54, 1.807) is 40.9 Å². The smallest absolute Gasteiger partial charge is 0.253 e. The average Bonchev–Trinajstić information content (AvgIpc) is 3.16. The maximum absolute atomic E-state index is 12.7. The molecule has 2 heterocycles. The number of carbonyl (C=O) groups excluding carboxylic acids is 1. The minimum atomic E-state index is -0.147. The molecule has 0 unspecified atom stereocenters. The van der Waals surface area contributed by atoms with E-state index in [0.29, 0.717) is 56.9 Å². The van der Waals surface area contributed by atoms with Crippen LogP contribution in [0.1, 0.15) is 16.8 Å². The molecule has 4 rings (SSSR count). The lowest BCUT2D eigenvalue weighted by molar-refractivity contribution is 0.0794. The van der Waals surface area contributed by atoms with Crippen molar-refractivity contribution in [3.8, 4) is 11.3 Å². The largest absolute Gasteiger partial charge is 0.370 e. The molecule has 0 atom stereocenters. The number of hydrogen-bond donors (Lipinski definition) is 1. The minimum Gasteiger partial charge on any atom is -0.370 e. The molecular weight excluding hydrogens is 479 g/mol. The van der Waals surface area contributed by atoms with Crippen LogP contribution in [0.2, 0.25) is 15.1 Å². The molecular formula is C23H19BCl3N5O. The molecule has 6 nitrogen and oxygen atoms in total. The van der Waals surface area contributed by atoms with Crippen LogP contribution in [0.4, 0.5) is 5.82 Å². The first-order valence-electron chi connectivity index (χ1n) is 10.2. The van der Waals surface area contributed by atoms with Gasteiger partial charge < -0.3 is 10.2 Å². The third-order valence-electron chi connectivity index (χ3n) is 5.08. The molecule has 1 amide bonds. The number of hydrogen-bond acceptors (Lipinski definition) is 4. The van der Waals surface area contributed by atoms with Gasteiger partial charge in [0.1, 0.15) is 13.7 Å². The zero-order valence-corrected chi connectivity index (χ0v) is 20.0. The second-order valence-corrected chi connectivity index (χ2v) is 8.79. The summed E-state index contributed by atoms with van der Waals surface area (Å²) < 4.78 is 1.65. The van der Waals surface area contributed by atoms with Gasteiger partial charge in [-0.1, -0.05) is 53.0 Å². The topological polar surface area (TPSA) is 62.5 Å². The van der Waals surface area contributed by atoms with Crippen LogP contribution in [0.25, 0.3) is 16.9 Å². The van der Waals surface area contributed by atoms with Gasteiger partial charge in [-0.3, -0.25) is 4.79 Å². The summed E-state index contributed by atoms with van der Waals surface area (Å²) in [6, 6.07) is 14.2. The van der Waals surface area contributed by atoms with Crippen molar-refractivity contribution in [2.24, 2.45) is 0 Å². The van der Waals surface area contributed by atoms with Crippen LogP contribution >= 0.6 is 34.8 Å². The molecule has 0 saturated carbocycles. The van der Waals surface area contributed by atoms with Crippen LogP contribution in [0.15, 0.2) is 54.7 Å². The maximum Gasteiger partial charge on any atom is 0.253 e. The molecule has 33 heavy (non-hydrogen) atoms. The number of nitrogens with zero attached hydrogens (tertiary/aromatic N) is 4. The zero-order chi connectivity index (χ0) is 23.5. The fraction of sp³-hybridized carbons (Fsp3) is 0.174. The molecule has 10 heteroatoms. The highest BCUT2D eigenvalue weighted by Crippen LogP contribution is 2.28. The van der Waals surface area contributed by atoms with Crippen molar-refractivity contribution in [2.45, 2.75) is 6.42 Å². The van der Waals surface area contributed by atoms with Crippen molar-refractivity contribution < 1.29 is 4.79 Å². The summed E-state index contributed by atoms with van der Waals surface area (Å²) in [4.78, 5) is 18.9. The van der Waals surface area contributed by atoms with Gasteiger partial charge in [0.05, 0.1) is 5.69 Å². The van der Waals surface area contributed by atoms with E-state index in [1.807, 2.05) is 30.3 Å². The van der Waals surface area contributed by atoms with E-state index >= 15 is 0 Å². The van der Waals surface area contributed by atoms with Crippen molar-refractivity contribution in [2.75, 3.05) is 25.5 Å². The third-order valence-corrected chi connectivity index (χ3v) is 5.85. The van der Waals surface area contributed by atoms with Gasteiger partial charge >= 0.3 is 0 Å². The number of carbonyl (C=O) groups is 1. The number of fused-ring (bicyclic) bond motifs is 1. The standard InChI is InChI=1S/C23H19BCl3N5O/c1-31(23(33)14-9-15(25)11-16(26)10-14)8-4-7-28-21-12-20(17-5-2-3-6-19(17)27)30-22-18(24)13-29-32(21)22/h2-3,5-6,9-13,28H,4,7-8H2,1H3. The van der Waals surface area contributed by atoms with E-state index in [0.717, 1.165) is 11.4 Å². The highest BCUT2D eigenvalue weighted by molar-refractivity contribution is 6.36. The van der Waals surface area contributed by atoms with E-state index in [-0.39, 0.29) is 5.91 Å². The van der Waals surface area contributed by atoms with Crippen molar-refractivity contribution in [3.05, 3.63) is 75.4 Å². The van der Waals surface area contributed by atoms with Gasteiger partial charge in [-0.2, -0.15) is 9.61 Å². The maximum atomic E-state index is 12.7. The molecule has 0 spiro atoms. The number of benzene rings is 2. The predicted octanol–water partition coefficient (Wildman–Crippen LogP) is 4.72. The highest BCUT2D eigenvalue weighted by Gasteiger charge is 2.14. The summed E-state index contributed by atoms with van der Waals surface area (Å²) >= 11 is 18.4. The number of anilines is 1. The molecule has 166 valence electrons. The van der Waals surface area contributed by atoms with E-state index in [1.165, 1.54) is 0 Å². The Balaban J connectivity index is 1.46. The SMILES string of the molecule is [B]c1cnn2c(NCCCN(C)C(=O)c3cc(Cl)cc(Cl)c3)cc(-c3ccccc3Cl)nc12. The second-order valence-electron chi connectivity index (χ2n) is 7.51. The van der Waals surface area contributed by atoms with E-state index in [2.05, 4.69) is 15.4 Å². The molecule has 0 fully saturated rings. The van der Waals surface area contributed by atoms with Gasteiger partial charge in [-0.05, 0) is 36.1 Å². The Bertz CT molecular complexity index is 1310. The summed E-state index contributed by atoms with van der Waals surface area (Å²) in [6.07, 6.45) is 2.25. The molecule has 0 aliphatic rings. The van der Waals surface area contributed by atoms with Crippen molar-refractivity contribution in [1.82, 2.24) is 19.5 Å². The summed E-state index contributed by atoms with van der Waals surface area (Å²) in [5, 5.41) is 9.13. The van der Waals surface area contributed by atoms with Gasteiger partial charge in [0, 0.05) is 58.6 Å². The molecule has 0 aliphatic carbocycles. The van der Waals surface area contributed by atoms with Crippen LogP contribution in [-0.4, -0.2) is 53.4 Å². The molecule has 0 saturated heterocycles. The Morgan fingerprint density at radius 2 is 1.85 bits per heavy atom. The Labute approximate surface area is 207 Å². The molecule has 2 aromatic heterocycles. The van der Waals surface area contributed by atoms with Crippen molar-refractivity contribution >= 4 is 65.5 Å². The molecule has 2 radical (unpaired) electrons. The lowest BCUT2D eigenvalue weighted by atomic mass is 10.0. The normalized spacial score (nSPS) is 11.0. The van der Waals surface area contributed by atoms with E-state index in [9.17, 15) is 4.79 Å². The molecule has 4 aromatic rings. The lowest BCUT2D eigenvalue weighted by Crippen LogP contribution is -2.29. The fourth-order valence-corrected chi connectivity index (χ4v) is 4.20. The Morgan fingerprint density at radius 3 is 2.58 bits per heavy atom. The van der Waals surface area contributed by atoms with Crippen LogP contribution in [0, 0.1) is 0 Å². The van der Waals surface area contributed by atoms with Crippen LogP contribution in [0.5, 0.6) is 0 Å². The number of rotatable bonds is 7. The number of amides is 1. The highest BCUT2D eigenvalue weighted by atomic mass is 35.5. The van der Waals surface area contributed by atoms with Gasteiger partial charge in [-0.15, -0.1) is 0 Å². The lowest BCUT2D eigenvalue weighted by Gasteiger charge is -2.18. The predicted molar refractivity (Wildman–Crippen MR) is 135 cm³/mol. The monoisotopic (exact) mass is 497 g/mol. The first-order valence-corrected chi connectivity index (χ1v) is 11.3. The van der Waals surface area contributed by atoms with Crippen LogP contribution < -0.4 is 10.8 Å². The quantitative estimate of drug-likeness (QED) is 0.296. The first-order chi connectivity index (χ1) is 15.8. The summed E-state index contributed by atoms with van der Waals surface area (Å²) in [5.74, 6) is 0.578. The van der Waals surface area contributed by atoms with E-state index < -0.39 is 0 Å². The van der Waals surface area contributed by atoms with Crippen molar-refractivity contribution in [3.63, 3.8) is 0 Å². The summed E-state index contributed by atoms with van der Waals surface area (Å²) in [6.45, 7) is 1.12. The first kappa shape index (κ1) is 23.4. The molecule has 0 bridgehead atoms. The molecule has 0 aliphatic heterocycles. The number of nitrogens with one attached hydrogen (secondary N) is 1. The van der Waals surface area contributed by atoms with Crippen LogP contribution in [0.3, 0.4) is 0 Å². The van der Waals surface area contributed by atoms with Gasteiger partial charge in [0.25, 0.3) is 5.91 Å². The number of aromatic nitrogens is 3. The zero-order valence-electron chi connectivity index (χ0n) is 17.7. The summed E-state index contributed by atoms with van der Waals surface area (Å²) in [7, 11) is 7.81. The fourth-order valence-electron chi connectivity index (χ4n) is 3.44. The van der Waals surface area contributed by atoms with Gasteiger partial charge in [-0.25, -0.2) is 4.98 Å².